The monoisotopic (exact) mass is 450 g/mol. The van der Waals surface area contributed by atoms with Crippen LogP contribution in [0.15, 0.2) is 72.8 Å². The Hall–Kier alpha value is -3.71. The molecule has 174 valence electrons. The summed E-state index contributed by atoms with van der Waals surface area (Å²) in [5.74, 6) is 2.51. The number of hydrogen-bond acceptors (Lipinski definition) is 6. The van der Waals surface area contributed by atoms with Gasteiger partial charge < -0.3 is 29.6 Å². The van der Waals surface area contributed by atoms with Gasteiger partial charge in [0, 0.05) is 18.8 Å². The van der Waals surface area contributed by atoms with Crippen LogP contribution in [0.25, 0.3) is 0 Å². The molecule has 0 aromatic heterocycles. The molecule has 0 aliphatic carbocycles. The van der Waals surface area contributed by atoms with Crippen molar-refractivity contribution in [1.82, 2.24) is 5.32 Å². The lowest BCUT2D eigenvalue weighted by Gasteiger charge is -2.14. The zero-order valence-electron chi connectivity index (χ0n) is 19.0. The van der Waals surface area contributed by atoms with Gasteiger partial charge in [-0.2, -0.15) is 0 Å². The Balaban J connectivity index is 1.44. The molecule has 0 bridgehead atoms. The molecule has 0 atom stereocenters. The molecule has 0 aliphatic heterocycles. The molecule has 33 heavy (non-hydrogen) atoms. The van der Waals surface area contributed by atoms with Gasteiger partial charge in [0.05, 0.1) is 13.7 Å². The van der Waals surface area contributed by atoms with E-state index in [0.717, 1.165) is 22.7 Å². The molecule has 0 unspecified atom stereocenters. The van der Waals surface area contributed by atoms with Crippen LogP contribution >= 0.6 is 0 Å². The fraction of sp³-hybridized carbons (Fsp3) is 0.269. The van der Waals surface area contributed by atoms with Gasteiger partial charge in [-0.05, 0) is 61.0 Å². The largest absolute Gasteiger partial charge is 0.497 e. The van der Waals surface area contributed by atoms with Gasteiger partial charge in [0.25, 0.3) is 5.91 Å². The van der Waals surface area contributed by atoms with Gasteiger partial charge in [-0.15, -0.1) is 0 Å². The van der Waals surface area contributed by atoms with E-state index in [0.29, 0.717) is 37.8 Å². The smallest absolute Gasteiger partial charge is 0.262 e. The van der Waals surface area contributed by atoms with E-state index >= 15 is 0 Å². The summed E-state index contributed by atoms with van der Waals surface area (Å²) in [5, 5.41) is 6.15. The summed E-state index contributed by atoms with van der Waals surface area (Å²) in [4.78, 5) is 12.2. The maximum absolute atomic E-state index is 12.2. The van der Waals surface area contributed by atoms with E-state index in [2.05, 4.69) is 10.6 Å². The minimum Gasteiger partial charge on any atom is -0.497 e. The van der Waals surface area contributed by atoms with Crippen molar-refractivity contribution in [3.63, 3.8) is 0 Å². The van der Waals surface area contributed by atoms with Crippen molar-refractivity contribution in [3.05, 3.63) is 78.4 Å². The summed E-state index contributed by atoms with van der Waals surface area (Å²) < 4.78 is 22.3. The van der Waals surface area contributed by atoms with E-state index in [1.807, 2.05) is 79.7 Å². The van der Waals surface area contributed by atoms with E-state index in [9.17, 15) is 4.79 Å². The molecule has 0 radical (unpaired) electrons. The van der Waals surface area contributed by atoms with Crippen LogP contribution in [0.3, 0.4) is 0 Å². The first-order chi connectivity index (χ1) is 16.2. The third-order valence-electron chi connectivity index (χ3n) is 4.66. The standard InChI is InChI=1S/C26H30N2O5/c1-3-31-25-17-20(18-27-15-16-32-23-12-10-22(30-2)11-13-23)9-14-24(25)33-19-26(29)28-21-7-5-4-6-8-21/h4-14,17,27H,3,15-16,18-19H2,1-2H3,(H,28,29). The number of methoxy groups -OCH3 is 1. The summed E-state index contributed by atoms with van der Waals surface area (Å²) in [6.07, 6.45) is 0. The molecule has 0 aliphatic rings. The zero-order valence-corrected chi connectivity index (χ0v) is 19.0. The van der Waals surface area contributed by atoms with Crippen LogP contribution in [0, 0.1) is 0 Å². The Morgan fingerprint density at radius 1 is 0.848 bits per heavy atom. The molecule has 2 N–H and O–H groups in total. The summed E-state index contributed by atoms with van der Waals surface area (Å²) in [5.41, 5.74) is 1.78. The van der Waals surface area contributed by atoms with Crippen molar-refractivity contribution in [3.8, 4) is 23.0 Å². The van der Waals surface area contributed by atoms with Gasteiger partial charge in [-0.1, -0.05) is 24.3 Å². The van der Waals surface area contributed by atoms with Crippen molar-refractivity contribution in [2.75, 3.05) is 38.8 Å². The quantitative estimate of drug-likeness (QED) is 0.379. The van der Waals surface area contributed by atoms with Gasteiger partial charge >= 0.3 is 0 Å². The highest BCUT2D eigenvalue weighted by Crippen LogP contribution is 2.28. The maximum Gasteiger partial charge on any atom is 0.262 e. The van der Waals surface area contributed by atoms with E-state index in [4.69, 9.17) is 18.9 Å². The van der Waals surface area contributed by atoms with Gasteiger partial charge in [0.1, 0.15) is 18.1 Å². The molecule has 0 spiro atoms. The average molecular weight is 451 g/mol. The second kappa shape index (κ2) is 13.0. The number of hydrogen-bond donors (Lipinski definition) is 2. The lowest BCUT2D eigenvalue weighted by Crippen LogP contribution is -2.21. The van der Waals surface area contributed by atoms with Crippen LogP contribution < -0.4 is 29.6 Å². The average Bonchev–Trinajstić information content (AvgIpc) is 2.84. The van der Waals surface area contributed by atoms with E-state index in [1.165, 1.54) is 0 Å². The lowest BCUT2D eigenvalue weighted by molar-refractivity contribution is -0.118. The van der Waals surface area contributed by atoms with Gasteiger partial charge in [-0.3, -0.25) is 4.79 Å². The molecule has 7 nitrogen and oxygen atoms in total. The van der Waals surface area contributed by atoms with Crippen LogP contribution in [0.1, 0.15) is 12.5 Å². The van der Waals surface area contributed by atoms with E-state index in [1.54, 1.807) is 7.11 Å². The predicted octanol–water partition coefficient (Wildman–Crippen LogP) is 4.28. The van der Waals surface area contributed by atoms with Crippen molar-refractivity contribution in [1.29, 1.82) is 0 Å². The van der Waals surface area contributed by atoms with Crippen molar-refractivity contribution < 1.29 is 23.7 Å². The highest BCUT2D eigenvalue weighted by atomic mass is 16.5. The highest BCUT2D eigenvalue weighted by Gasteiger charge is 2.10. The van der Waals surface area contributed by atoms with Crippen LogP contribution in [-0.4, -0.2) is 39.4 Å². The lowest BCUT2D eigenvalue weighted by atomic mass is 10.2. The summed E-state index contributed by atoms with van der Waals surface area (Å²) in [6.45, 7) is 4.19. The van der Waals surface area contributed by atoms with E-state index < -0.39 is 0 Å². The maximum atomic E-state index is 12.2. The van der Waals surface area contributed by atoms with Crippen molar-refractivity contribution >= 4 is 11.6 Å². The molecule has 1 amide bonds. The number of carbonyl (C=O) groups excluding carboxylic acids is 1. The first-order valence-corrected chi connectivity index (χ1v) is 10.9. The number of benzene rings is 3. The number of carbonyl (C=O) groups is 1. The number of nitrogens with one attached hydrogen (secondary N) is 2. The molecule has 3 rings (SSSR count). The van der Waals surface area contributed by atoms with Gasteiger partial charge in [0.15, 0.2) is 18.1 Å². The molecule has 0 saturated carbocycles. The Kier molecular flexibility index (Phi) is 9.42. The molecule has 3 aromatic rings. The van der Waals surface area contributed by atoms with Crippen LogP contribution in [0.5, 0.6) is 23.0 Å². The summed E-state index contributed by atoms with van der Waals surface area (Å²) in [7, 11) is 1.64. The Morgan fingerprint density at radius 2 is 1.61 bits per heavy atom. The molecular weight excluding hydrogens is 420 g/mol. The summed E-state index contributed by atoms with van der Waals surface area (Å²) in [6, 6.07) is 22.5. The Labute approximate surface area is 194 Å². The van der Waals surface area contributed by atoms with E-state index in [-0.39, 0.29) is 12.5 Å². The molecule has 0 heterocycles. The fourth-order valence-electron chi connectivity index (χ4n) is 3.06. The second-order valence-corrected chi connectivity index (χ2v) is 7.12. The predicted molar refractivity (Wildman–Crippen MR) is 128 cm³/mol. The van der Waals surface area contributed by atoms with Crippen LogP contribution in [0.4, 0.5) is 5.69 Å². The Morgan fingerprint density at radius 3 is 2.33 bits per heavy atom. The minimum absolute atomic E-state index is 0.102. The fourth-order valence-corrected chi connectivity index (χ4v) is 3.06. The topological polar surface area (TPSA) is 78.1 Å². The SMILES string of the molecule is CCOc1cc(CNCCOc2ccc(OC)cc2)ccc1OCC(=O)Nc1ccccc1. The Bertz CT molecular complexity index is 993. The third kappa shape index (κ3) is 8.05. The summed E-state index contributed by atoms with van der Waals surface area (Å²) >= 11 is 0. The number of rotatable bonds is 13. The normalized spacial score (nSPS) is 10.4. The second-order valence-electron chi connectivity index (χ2n) is 7.12. The third-order valence-corrected chi connectivity index (χ3v) is 4.66. The molecule has 7 heteroatoms. The number of ether oxygens (including phenoxy) is 4. The van der Waals surface area contributed by atoms with Crippen molar-refractivity contribution in [2.24, 2.45) is 0 Å². The van der Waals surface area contributed by atoms with Gasteiger partial charge in [-0.25, -0.2) is 0 Å². The molecule has 0 saturated heterocycles. The molecule has 0 fully saturated rings. The molecule has 3 aromatic carbocycles. The highest BCUT2D eigenvalue weighted by molar-refractivity contribution is 5.91. The molecular formula is C26H30N2O5. The van der Waals surface area contributed by atoms with Crippen LogP contribution in [-0.2, 0) is 11.3 Å². The van der Waals surface area contributed by atoms with Gasteiger partial charge in [0.2, 0.25) is 0 Å². The number of anilines is 1. The zero-order chi connectivity index (χ0) is 23.3. The number of para-hydroxylation sites is 1. The van der Waals surface area contributed by atoms with Crippen molar-refractivity contribution in [2.45, 2.75) is 13.5 Å². The minimum atomic E-state index is -0.230. The number of amides is 1. The first kappa shape index (κ1) is 23.9. The first-order valence-electron chi connectivity index (χ1n) is 10.9. The van der Waals surface area contributed by atoms with Crippen LogP contribution in [0.2, 0.25) is 0 Å².